The molecule has 0 saturated carbocycles. The second-order valence-electron chi connectivity index (χ2n) is 7.32. The summed E-state index contributed by atoms with van der Waals surface area (Å²) in [5.74, 6) is -0.00806. The van der Waals surface area contributed by atoms with Crippen molar-refractivity contribution in [3.05, 3.63) is 90.3 Å². The van der Waals surface area contributed by atoms with Crippen LogP contribution in [-0.4, -0.2) is 24.2 Å². The van der Waals surface area contributed by atoms with Crippen molar-refractivity contribution in [2.45, 2.75) is 11.1 Å². The number of halogens is 3. The number of nitrogens with zero attached hydrogens (tertiary/aromatic N) is 3. The normalized spacial score (nSPS) is 11.8. The van der Waals surface area contributed by atoms with E-state index in [1.54, 1.807) is 42.5 Å². The topological polar surface area (TPSA) is 75.8 Å². The van der Waals surface area contributed by atoms with E-state index in [9.17, 15) is 26.9 Å². The van der Waals surface area contributed by atoms with Gasteiger partial charge in [-0.3, -0.25) is 4.57 Å². The van der Waals surface area contributed by atoms with Gasteiger partial charge in [0.05, 0.1) is 10.5 Å². The summed E-state index contributed by atoms with van der Waals surface area (Å²) >= 11 is 0. The molecule has 0 radical (unpaired) electrons. The predicted octanol–water partition coefficient (Wildman–Crippen LogP) is 5.50. The Morgan fingerprint density at radius 2 is 1.64 bits per heavy atom. The molecule has 3 aromatic carbocycles. The van der Waals surface area contributed by atoms with E-state index in [1.807, 2.05) is 6.07 Å². The largest absolute Gasteiger partial charge is 0.417 e. The monoisotopic (exact) mass is 467 g/mol. The standard InChI is InChI=1S/C24H16F3N3O2S/c1-33(31,32)20-6-4-5-17(13-20)16-9-11-19(12-10-16)30-15-18(14-28)29-23(30)21-7-2-3-8-22(21)24(25,26)27/h2-13,15H,1H3. The first-order valence-corrected chi connectivity index (χ1v) is 11.5. The van der Waals surface area contributed by atoms with Gasteiger partial charge in [0.2, 0.25) is 0 Å². The van der Waals surface area contributed by atoms with E-state index in [1.165, 1.54) is 35.0 Å². The Kier molecular flexibility index (Phi) is 5.56. The lowest BCUT2D eigenvalue weighted by molar-refractivity contribution is -0.137. The molecular weight excluding hydrogens is 451 g/mol. The highest BCUT2D eigenvalue weighted by Crippen LogP contribution is 2.37. The zero-order chi connectivity index (χ0) is 23.8. The third kappa shape index (κ3) is 4.52. The molecular formula is C24H16F3N3O2S. The van der Waals surface area contributed by atoms with Crippen LogP contribution in [0.15, 0.2) is 83.9 Å². The molecule has 5 nitrogen and oxygen atoms in total. The van der Waals surface area contributed by atoms with Crippen LogP contribution in [0, 0.1) is 11.3 Å². The van der Waals surface area contributed by atoms with Gasteiger partial charge >= 0.3 is 6.18 Å². The van der Waals surface area contributed by atoms with Gasteiger partial charge in [-0.15, -0.1) is 0 Å². The summed E-state index contributed by atoms with van der Waals surface area (Å²) in [7, 11) is -3.37. The van der Waals surface area contributed by atoms with E-state index in [0.29, 0.717) is 11.3 Å². The maximum absolute atomic E-state index is 13.6. The smallest absolute Gasteiger partial charge is 0.298 e. The first-order chi connectivity index (χ1) is 15.6. The van der Waals surface area contributed by atoms with Crippen LogP contribution < -0.4 is 0 Å². The zero-order valence-corrected chi connectivity index (χ0v) is 18.0. The summed E-state index contributed by atoms with van der Waals surface area (Å²) in [6, 6.07) is 20.2. The number of sulfone groups is 1. The van der Waals surface area contributed by atoms with E-state index < -0.39 is 21.6 Å². The molecule has 9 heteroatoms. The minimum absolute atomic E-state index is 0.00806. The van der Waals surface area contributed by atoms with Crippen LogP contribution in [0.1, 0.15) is 11.3 Å². The van der Waals surface area contributed by atoms with Crippen LogP contribution in [0.2, 0.25) is 0 Å². The van der Waals surface area contributed by atoms with Gasteiger partial charge in [-0.2, -0.15) is 18.4 Å². The van der Waals surface area contributed by atoms with E-state index in [2.05, 4.69) is 4.98 Å². The SMILES string of the molecule is CS(=O)(=O)c1cccc(-c2ccc(-n3cc(C#N)nc3-c3ccccc3C(F)(F)F)cc2)c1. The van der Waals surface area contributed by atoms with Crippen LogP contribution in [-0.2, 0) is 16.0 Å². The summed E-state index contributed by atoms with van der Waals surface area (Å²) < 4.78 is 65.8. The average molecular weight is 467 g/mol. The Balaban J connectivity index is 1.80. The van der Waals surface area contributed by atoms with Gasteiger partial charge in [-0.05, 0) is 41.5 Å². The maximum atomic E-state index is 13.6. The number of benzene rings is 3. The number of nitriles is 1. The van der Waals surface area contributed by atoms with Gasteiger partial charge in [0.1, 0.15) is 11.9 Å². The average Bonchev–Trinajstić information content (AvgIpc) is 3.23. The van der Waals surface area contributed by atoms with Crippen molar-refractivity contribution >= 4 is 9.84 Å². The first-order valence-electron chi connectivity index (χ1n) is 9.65. The molecule has 166 valence electrons. The Morgan fingerprint density at radius 1 is 0.939 bits per heavy atom. The molecule has 0 aliphatic carbocycles. The molecule has 1 heterocycles. The molecule has 0 atom stereocenters. The van der Waals surface area contributed by atoms with Gasteiger partial charge in [0.15, 0.2) is 15.5 Å². The minimum atomic E-state index is -4.59. The summed E-state index contributed by atoms with van der Waals surface area (Å²) in [6.45, 7) is 0. The lowest BCUT2D eigenvalue weighted by atomic mass is 10.0. The van der Waals surface area contributed by atoms with E-state index in [0.717, 1.165) is 17.9 Å². The molecule has 33 heavy (non-hydrogen) atoms. The minimum Gasteiger partial charge on any atom is -0.298 e. The van der Waals surface area contributed by atoms with Crippen molar-refractivity contribution in [2.75, 3.05) is 6.26 Å². The van der Waals surface area contributed by atoms with Gasteiger partial charge in [0, 0.05) is 23.7 Å². The number of aromatic nitrogens is 2. The Labute approximate surface area is 188 Å². The highest BCUT2D eigenvalue weighted by Gasteiger charge is 2.34. The lowest BCUT2D eigenvalue weighted by Crippen LogP contribution is -2.08. The van der Waals surface area contributed by atoms with Crippen LogP contribution in [0.25, 0.3) is 28.2 Å². The fraction of sp³-hybridized carbons (Fsp3) is 0.0833. The molecule has 0 aliphatic rings. The molecule has 4 aromatic rings. The fourth-order valence-corrected chi connectivity index (χ4v) is 4.13. The van der Waals surface area contributed by atoms with Gasteiger partial charge in [-0.25, -0.2) is 13.4 Å². The van der Waals surface area contributed by atoms with Crippen LogP contribution in [0.4, 0.5) is 13.2 Å². The second-order valence-corrected chi connectivity index (χ2v) is 9.34. The Bertz CT molecular complexity index is 1480. The molecule has 0 spiro atoms. The van der Waals surface area contributed by atoms with Crippen molar-refractivity contribution in [3.63, 3.8) is 0 Å². The predicted molar refractivity (Wildman–Crippen MR) is 117 cm³/mol. The van der Waals surface area contributed by atoms with E-state index in [-0.39, 0.29) is 22.0 Å². The molecule has 0 bridgehead atoms. The van der Waals surface area contributed by atoms with Gasteiger partial charge < -0.3 is 0 Å². The van der Waals surface area contributed by atoms with Crippen molar-refractivity contribution < 1.29 is 21.6 Å². The zero-order valence-electron chi connectivity index (χ0n) is 17.2. The lowest BCUT2D eigenvalue weighted by Gasteiger charge is -2.14. The second kappa shape index (κ2) is 8.22. The Hall–Kier alpha value is -3.90. The van der Waals surface area contributed by atoms with Crippen molar-refractivity contribution in [1.82, 2.24) is 9.55 Å². The highest BCUT2D eigenvalue weighted by atomic mass is 32.2. The molecule has 0 N–H and O–H groups in total. The number of rotatable bonds is 4. The third-order valence-electron chi connectivity index (χ3n) is 5.03. The van der Waals surface area contributed by atoms with E-state index in [4.69, 9.17) is 0 Å². The quantitative estimate of drug-likeness (QED) is 0.397. The Morgan fingerprint density at radius 3 is 2.27 bits per heavy atom. The summed E-state index contributed by atoms with van der Waals surface area (Å²) in [5, 5.41) is 9.29. The van der Waals surface area contributed by atoms with Crippen LogP contribution >= 0.6 is 0 Å². The molecule has 0 fully saturated rings. The van der Waals surface area contributed by atoms with Crippen molar-refractivity contribution in [3.8, 4) is 34.3 Å². The third-order valence-corrected chi connectivity index (χ3v) is 6.15. The number of alkyl halides is 3. The summed E-state index contributed by atoms with van der Waals surface area (Å²) in [5.41, 5.74) is 0.885. The number of hydrogen-bond acceptors (Lipinski definition) is 4. The van der Waals surface area contributed by atoms with Gasteiger partial charge in [-0.1, -0.05) is 42.5 Å². The number of hydrogen-bond donors (Lipinski definition) is 0. The van der Waals surface area contributed by atoms with Gasteiger partial charge in [0.25, 0.3) is 0 Å². The van der Waals surface area contributed by atoms with Crippen molar-refractivity contribution in [1.29, 1.82) is 5.26 Å². The molecule has 0 amide bonds. The molecule has 4 rings (SSSR count). The van der Waals surface area contributed by atoms with E-state index >= 15 is 0 Å². The fourth-order valence-electron chi connectivity index (χ4n) is 3.47. The maximum Gasteiger partial charge on any atom is 0.417 e. The molecule has 0 saturated heterocycles. The molecule has 0 unspecified atom stereocenters. The molecule has 1 aromatic heterocycles. The number of imidazole rings is 1. The summed E-state index contributed by atoms with van der Waals surface area (Å²) in [6.07, 6.45) is -2.09. The van der Waals surface area contributed by atoms with Crippen LogP contribution in [0.3, 0.4) is 0 Å². The van der Waals surface area contributed by atoms with Crippen LogP contribution in [0.5, 0.6) is 0 Å². The molecule has 0 aliphatic heterocycles. The first kappa shape index (κ1) is 22.3. The highest BCUT2D eigenvalue weighted by molar-refractivity contribution is 7.90. The summed E-state index contributed by atoms with van der Waals surface area (Å²) in [4.78, 5) is 4.29. The van der Waals surface area contributed by atoms with Crippen molar-refractivity contribution in [2.24, 2.45) is 0 Å².